The maximum Gasteiger partial charge on any atom is 0.228 e. The van der Waals surface area contributed by atoms with Gasteiger partial charge in [0.25, 0.3) is 0 Å². The molecule has 1 heterocycles. The Morgan fingerprint density at radius 2 is 2.10 bits per heavy atom. The third-order valence-electron chi connectivity index (χ3n) is 4.63. The van der Waals surface area contributed by atoms with Crippen molar-refractivity contribution in [1.29, 1.82) is 0 Å². The van der Waals surface area contributed by atoms with E-state index in [1.165, 1.54) is 25.7 Å². The van der Waals surface area contributed by atoms with E-state index in [4.69, 9.17) is 0 Å². The lowest BCUT2D eigenvalue weighted by Gasteiger charge is -2.32. The minimum absolute atomic E-state index is 0.146. The number of amides is 1. The molecule has 0 radical (unpaired) electrons. The van der Waals surface area contributed by atoms with E-state index in [1.807, 2.05) is 20.2 Å². The molecule has 1 amide bonds. The number of hydrogen-bond acceptors (Lipinski definition) is 3. The molecule has 0 aromatic heterocycles. The molecule has 1 saturated carbocycles. The van der Waals surface area contributed by atoms with E-state index in [-0.39, 0.29) is 5.91 Å². The van der Waals surface area contributed by atoms with Crippen LogP contribution >= 0.6 is 0 Å². The lowest BCUT2D eigenvalue weighted by molar-refractivity contribution is -0.127. The number of hydrogen-bond donors (Lipinski definition) is 0. The third-order valence-corrected chi connectivity index (χ3v) is 4.63. The highest BCUT2D eigenvalue weighted by Gasteiger charge is 2.30. The number of aliphatic imine (C=N–C) groups is 1. The van der Waals surface area contributed by atoms with Gasteiger partial charge in [-0.15, -0.1) is 0 Å². The molecule has 0 N–H and O–H groups in total. The van der Waals surface area contributed by atoms with Gasteiger partial charge in [-0.25, -0.2) is 0 Å². The van der Waals surface area contributed by atoms with Crippen molar-refractivity contribution in [1.82, 2.24) is 9.80 Å². The summed E-state index contributed by atoms with van der Waals surface area (Å²) in [5.41, 5.74) is 2.85. The van der Waals surface area contributed by atoms with Gasteiger partial charge < -0.3 is 9.80 Å². The number of likely N-dealkylation sites (N-methyl/N-ethyl adjacent to an activating group) is 1. The smallest absolute Gasteiger partial charge is 0.228 e. The summed E-state index contributed by atoms with van der Waals surface area (Å²) in [6.07, 6.45) is 8.27. The first kappa shape index (κ1) is 15.8. The number of carbonyl (C=O) groups excluding carboxylic acids is 1. The van der Waals surface area contributed by atoms with E-state index in [2.05, 4.69) is 23.4 Å². The molecule has 0 aromatic rings. The molecule has 2 aliphatic rings. The zero-order chi connectivity index (χ0) is 15.4. The summed E-state index contributed by atoms with van der Waals surface area (Å²) in [5.74, 6) is 0.146. The van der Waals surface area contributed by atoms with Gasteiger partial charge in [-0.1, -0.05) is 26.3 Å². The summed E-state index contributed by atoms with van der Waals surface area (Å²) in [5, 5.41) is 0. The normalized spacial score (nSPS) is 24.1. The predicted octanol–water partition coefficient (Wildman–Crippen LogP) is 3.32. The summed E-state index contributed by atoms with van der Waals surface area (Å²) in [7, 11) is 1.83. The predicted molar refractivity (Wildman–Crippen MR) is 87.0 cm³/mol. The molecular formula is C17H27N3O. The second kappa shape index (κ2) is 6.92. The van der Waals surface area contributed by atoms with Crippen LogP contribution in [0.25, 0.3) is 0 Å². The summed E-state index contributed by atoms with van der Waals surface area (Å²) in [6, 6.07) is 0.538. The highest BCUT2D eigenvalue weighted by molar-refractivity contribution is 5.83. The Hall–Kier alpha value is -1.58. The molecule has 0 spiro atoms. The van der Waals surface area contributed by atoms with Gasteiger partial charge in [0.1, 0.15) is 0 Å². The Balaban J connectivity index is 2.29. The van der Waals surface area contributed by atoms with Crippen LogP contribution in [0.5, 0.6) is 0 Å². The second-order valence-electron chi connectivity index (χ2n) is 6.01. The molecule has 4 nitrogen and oxygen atoms in total. The molecule has 0 atom stereocenters. The van der Waals surface area contributed by atoms with Crippen LogP contribution in [-0.4, -0.2) is 41.1 Å². The molecule has 116 valence electrons. The Morgan fingerprint density at radius 3 is 2.71 bits per heavy atom. The van der Waals surface area contributed by atoms with Crippen LogP contribution in [0.3, 0.4) is 0 Å². The van der Waals surface area contributed by atoms with Gasteiger partial charge >= 0.3 is 0 Å². The van der Waals surface area contributed by atoms with Crippen molar-refractivity contribution < 1.29 is 4.79 Å². The van der Waals surface area contributed by atoms with E-state index in [0.29, 0.717) is 12.5 Å². The maximum atomic E-state index is 12.2. The van der Waals surface area contributed by atoms with Gasteiger partial charge in [0.05, 0.1) is 17.6 Å². The Morgan fingerprint density at radius 1 is 1.43 bits per heavy atom. The standard InChI is InChI=1S/C17H27N3O/c1-5-13(2)18-12-16-14(3)20(15-8-6-7-9-15)11-10-17(21)19(16)4/h12,15H,3,5-11H2,1-2,4H3/b16-12+,18-13+. The van der Waals surface area contributed by atoms with Crippen molar-refractivity contribution in [2.75, 3.05) is 13.6 Å². The first-order valence-electron chi connectivity index (χ1n) is 8.00. The van der Waals surface area contributed by atoms with E-state index in [9.17, 15) is 4.79 Å². The first-order chi connectivity index (χ1) is 10.0. The Bertz CT molecular complexity index is 472. The third kappa shape index (κ3) is 3.55. The van der Waals surface area contributed by atoms with Gasteiger partial charge in [0.2, 0.25) is 5.91 Å². The van der Waals surface area contributed by atoms with Crippen LogP contribution in [0.1, 0.15) is 52.4 Å². The van der Waals surface area contributed by atoms with Gasteiger partial charge in [0.15, 0.2) is 0 Å². The molecule has 1 saturated heterocycles. The first-order valence-corrected chi connectivity index (χ1v) is 8.00. The van der Waals surface area contributed by atoms with Crippen molar-refractivity contribution in [3.8, 4) is 0 Å². The van der Waals surface area contributed by atoms with Crippen LogP contribution < -0.4 is 0 Å². The van der Waals surface area contributed by atoms with Gasteiger partial charge in [-0.3, -0.25) is 9.79 Å². The fourth-order valence-corrected chi connectivity index (χ4v) is 3.04. The zero-order valence-corrected chi connectivity index (χ0v) is 13.6. The highest BCUT2D eigenvalue weighted by Crippen LogP contribution is 2.31. The largest absolute Gasteiger partial charge is 0.367 e. The summed E-state index contributed by atoms with van der Waals surface area (Å²) in [4.78, 5) is 20.7. The molecule has 0 unspecified atom stereocenters. The molecule has 21 heavy (non-hydrogen) atoms. The minimum atomic E-state index is 0.146. The summed E-state index contributed by atoms with van der Waals surface area (Å²) >= 11 is 0. The Labute approximate surface area is 128 Å². The van der Waals surface area contributed by atoms with Gasteiger partial charge in [0, 0.05) is 31.8 Å². The van der Waals surface area contributed by atoms with Crippen LogP contribution in [0.2, 0.25) is 0 Å². The number of carbonyl (C=O) groups is 1. The average Bonchev–Trinajstić information content (AvgIpc) is 2.97. The highest BCUT2D eigenvalue weighted by atomic mass is 16.2. The molecular weight excluding hydrogens is 262 g/mol. The monoisotopic (exact) mass is 289 g/mol. The maximum absolute atomic E-state index is 12.2. The molecule has 2 rings (SSSR count). The van der Waals surface area contributed by atoms with Crippen molar-refractivity contribution in [3.63, 3.8) is 0 Å². The fraction of sp³-hybridized carbons (Fsp3) is 0.647. The van der Waals surface area contributed by atoms with Gasteiger partial charge in [-0.2, -0.15) is 0 Å². The fourth-order valence-electron chi connectivity index (χ4n) is 3.04. The lowest BCUT2D eigenvalue weighted by atomic mass is 10.1. The van der Waals surface area contributed by atoms with Crippen LogP contribution in [0.4, 0.5) is 0 Å². The quantitative estimate of drug-likeness (QED) is 0.747. The molecule has 4 heteroatoms. The van der Waals surface area contributed by atoms with Crippen molar-refractivity contribution in [2.45, 2.75) is 58.4 Å². The van der Waals surface area contributed by atoms with Crippen LogP contribution in [0.15, 0.2) is 29.2 Å². The van der Waals surface area contributed by atoms with Crippen LogP contribution in [0, 0.1) is 0 Å². The zero-order valence-electron chi connectivity index (χ0n) is 13.6. The molecule has 0 bridgehead atoms. The van der Waals surface area contributed by atoms with Crippen molar-refractivity contribution >= 4 is 11.6 Å². The van der Waals surface area contributed by atoms with E-state index >= 15 is 0 Å². The van der Waals surface area contributed by atoms with Crippen molar-refractivity contribution in [3.05, 3.63) is 24.2 Å². The minimum Gasteiger partial charge on any atom is -0.367 e. The number of rotatable bonds is 3. The van der Waals surface area contributed by atoms with E-state index in [0.717, 1.165) is 30.1 Å². The molecule has 0 aromatic carbocycles. The lowest BCUT2D eigenvalue weighted by Crippen LogP contribution is -2.33. The molecule has 1 aliphatic carbocycles. The average molecular weight is 289 g/mol. The Kier molecular flexibility index (Phi) is 5.21. The van der Waals surface area contributed by atoms with E-state index in [1.54, 1.807) is 4.90 Å². The second-order valence-corrected chi connectivity index (χ2v) is 6.01. The summed E-state index contributed by atoms with van der Waals surface area (Å²) in [6.45, 7) is 9.13. The molecule has 2 fully saturated rings. The summed E-state index contributed by atoms with van der Waals surface area (Å²) < 4.78 is 0. The number of nitrogens with zero attached hydrogens (tertiary/aromatic N) is 3. The SMILES string of the molecule is C=C1/C(=C\N=C(/C)CC)N(C)C(=O)CCN1C1CCCC1. The van der Waals surface area contributed by atoms with Crippen LogP contribution in [-0.2, 0) is 4.79 Å². The van der Waals surface area contributed by atoms with Crippen molar-refractivity contribution in [2.24, 2.45) is 4.99 Å². The van der Waals surface area contributed by atoms with Gasteiger partial charge in [-0.05, 0) is 26.2 Å². The topological polar surface area (TPSA) is 35.9 Å². The van der Waals surface area contributed by atoms with E-state index < -0.39 is 0 Å². The molecule has 1 aliphatic heterocycles.